The Kier molecular flexibility index (Phi) is 16.2. The van der Waals surface area contributed by atoms with Crippen LogP contribution in [0.5, 0.6) is 5.75 Å². The van der Waals surface area contributed by atoms with E-state index in [-0.39, 0.29) is 5.75 Å². The molecule has 0 amide bonds. The molecule has 1 heterocycles. The van der Waals surface area contributed by atoms with Crippen LogP contribution in [0.2, 0.25) is 5.02 Å². The SMILES string of the molecule is C=C(NCC)c1cnc(C)c(O)c1.CCCN(CCC)C(CC)(CCC)CCNCc1ccc(Cl)cc1. The van der Waals surface area contributed by atoms with Gasteiger partial charge >= 0.3 is 0 Å². The molecule has 1 aromatic heterocycles. The Bertz CT molecular complexity index is 897. The lowest BCUT2D eigenvalue weighted by Crippen LogP contribution is -2.50. The van der Waals surface area contributed by atoms with Gasteiger partial charge in [-0.2, -0.15) is 0 Å². The van der Waals surface area contributed by atoms with Crippen LogP contribution >= 0.6 is 11.6 Å². The molecule has 0 saturated heterocycles. The Balaban J connectivity index is 0.000000442. The monoisotopic (exact) mass is 530 g/mol. The van der Waals surface area contributed by atoms with Crippen molar-refractivity contribution in [3.8, 4) is 5.75 Å². The molecule has 0 aliphatic carbocycles. The topological polar surface area (TPSA) is 60.4 Å². The summed E-state index contributed by atoms with van der Waals surface area (Å²) in [6.07, 6.45) is 9.20. The van der Waals surface area contributed by atoms with E-state index < -0.39 is 0 Å². The lowest BCUT2D eigenvalue weighted by molar-refractivity contribution is 0.0635. The second-order valence-corrected chi connectivity index (χ2v) is 10.1. The molecule has 0 aliphatic rings. The van der Waals surface area contributed by atoms with Gasteiger partial charge in [0.2, 0.25) is 0 Å². The lowest BCUT2D eigenvalue weighted by atomic mass is 9.84. The third-order valence-corrected chi connectivity index (χ3v) is 7.09. The van der Waals surface area contributed by atoms with Crippen molar-refractivity contribution in [2.24, 2.45) is 0 Å². The van der Waals surface area contributed by atoms with E-state index in [1.54, 1.807) is 19.2 Å². The third-order valence-electron chi connectivity index (χ3n) is 6.84. The Labute approximate surface area is 231 Å². The van der Waals surface area contributed by atoms with Crippen LogP contribution < -0.4 is 10.6 Å². The highest BCUT2D eigenvalue weighted by molar-refractivity contribution is 6.30. The van der Waals surface area contributed by atoms with Crippen LogP contribution in [0.1, 0.15) is 90.0 Å². The summed E-state index contributed by atoms with van der Waals surface area (Å²) >= 11 is 5.95. The molecule has 2 aromatic rings. The number of hydrogen-bond acceptors (Lipinski definition) is 5. The van der Waals surface area contributed by atoms with E-state index in [2.05, 4.69) is 66.9 Å². The number of aryl methyl sites for hydroxylation is 1. The van der Waals surface area contributed by atoms with Crippen LogP contribution in [0, 0.1) is 6.92 Å². The molecule has 0 saturated carbocycles. The number of aromatic hydroxyl groups is 1. The minimum Gasteiger partial charge on any atom is -0.506 e. The summed E-state index contributed by atoms with van der Waals surface area (Å²) < 4.78 is 0. The van der Waals surface area contributed by atoms with Gasteiger partial charge in [0.05, 0.1) is 5.69 Å². The predicted molar refractivity (Wildman–Crippen MR) is 161 cm³/mol. The molecule has 5 nitrogen and oxygen atoms in total. The van der Waals surface area contributed by atoms with Crippen LogP contribution in [-0.4, -0.2) is 46.7 Å². The summed E-state index contributed by atoms with van der Waals surface area (Å²) in [4.78, 5) is 6.80. The van der Waals surface area contributed by atoms with Crippen LogP contribution in [0.3, 0.4) is 0 Å². The first-order valence-electron chi connectivity index (χ1n) is 14.1. The first kappa shape index (κ1) is 32.9. The molecule has 2 rings (SSSR count). The van der Waals surface area contributed by atoms with Gasteiger partial charge in [0.25, 0.3) is 0 Å². The van der Waals surface area contributed by atoms with Gasteiger partial charge in [-0.05, 0) is 89.3 Å². The quantitative estimate of drug-likeness (QED) is 0.195. The standard InChI is InChI=1S/C21H37ClN2.C10H14N2O/c1-5-13-21(8-4,24(16-6-2)17-7-3)14-15-23-18-19-9-11-20(22)12-10-19;1-4-11-7(2)9-5-10(13)8(3)12-6-9/h9-12,23H,5-8,13-18H2,1-4H3;5-6,11,13H,2,4H2,1,3H3. The molecule has 0 aliphatic heterocycles. The number of nitrogens with zero attached hydrogens (tertiary/aromatic N) is 2. The summed E-state index contributed by atoms with van der Waals surface area (Å²) in [5.41, 5.74) is 3.90. The van der Waals surface area contributed by atoms with Gasteiger partial charge in [0.15, 0.2) is 0 Å². The summed E-state index contributed by atoms with van der Waals surface area (Å²) in [7, 11) is 0. The highest BCUT2D eigenvalue weighted by Gasteiger charge is 2.32. The van der Waals surface area contributed by atoms with E-state index in [0.717, 1.165) is 35.9 Å². The second kappa shape index (κ2) is 18.2. The zero-order valence-corrected chi connectivity index (χ0v) is 24.9. The summed E-state index contributed by atoms with van der Waals surface area (Å²) in [5, 5.41) is 16.9. The van der Waals surface area contributed by atoms with Gasteiger partial charge in [-0.15, -0.1) is 0 Å². The fraction of sp³-hybridized carbons (Fsp3) is 0.581. The Morgan fingerprint density at radius 2 is 1.68 bits per heavy atom. The van der Waals surface area contributed by atoms with Gasteiger partial charge in [-0.1, -0.05) is 64.4 Å². The highest BCUT2D eigenvalue weighted by atomic mass is 35.5. The molecule has 0 bridgehead atoms. The first-order chi connectivity index (χ1) is 17.8. The van der Waals surface area contributed by atoms with Crippen molar-refractivity contribution in [2.45, 2.75) is 92.2 Å². The van der Waals surface area contributed by atoms with Crippen LogP contribution in [0.15, 0.2) is 43.1 Å². The first-order valence-corrected chi connectivity index (χ1v) is 14.4. The number of halogens is 1. The van der Waals surface area contributed by atoms with E-state index in [0.29, 0.717) is 11.2 Å². The van der Waals surface area contributed by atoms with Crippen LogP contribution in [-0.2, 0) is 6.54 Å². The summed E-state index contributed by atoms with van der Waals surface area (Å²) in [6, 6.07) is 9.81. The molecule has 208 valence electrons. The maximum atomic E-state index is 9.39. The molecule has 0 spiro atoms. The number of rotatable bonds is 16. The number of hydrogen-bond donors (Lipinski definition) is 3. The van der Waals surface area contributed by atoms with Gasteiger partial charge in [-0.3, -0.25) is 9.88 Å². The predicted octanol–water partition coefficient (Wildman–Crippen LogP) is 7.57. The third kappa shape index (κ3) is 11.5. The molecule has 37 heavy (non-hydrogen) atoms. The second-order valence-electron chi connectivity index (χ2n) is 9.71. The van der Waals surface area contributed by atoms with Crippen LogP contribution in [0.25, 0.3) is 5.70 Å². The summed E-state index contributed by atoms with van der Waals surface area (Å²) in [6.45, 7) is 22.1. The van der Waals surface area contributed by atoms with Crippen molar-refractivity contribution in [1.82, 2.24) is 20.5 Å². The molecule has 1 aromatic carbocycles. The number of nitrogens with one attached hydrogen (secondary N) is 2. The van der Waals surface area contributed by atoms with Crippen molar-refractivity contribution in [3.63, 3.8) is 0 Å². The average Bonchev–Trinajstić information content (AvgIpc) is 2.89. The minimum absolute atomic E-state index is 0.205. The van der Waals surface area contributed by atoms with Gasteiger partial charge in [-0.25, -0.2) is 0 Å². The maximum Gasteiger partial charge on any atom is 0.137 e. The van der Waals surface area contributed by atoms with E-state index in [1.165, 1.54) is 57.2 Å². The summed E-state index contributed by atoms with van der Waals surface area (Å²) in [5.74, 6) is 0.205. The van der Waals surface area contributed by atoms with Gasteiger partial charge in [0.1, 0.15) is 5.75 Å². The molecule has 3 N–H and O–H groups in total. The zero-order valence-electron chi connectivity index (χ0n) is 24.2. The van der Waals surface area contributed by atoms with Crippen molar-refractivity contribution in [1.29, 1.82) is 0 Å². The number of benzene rings is 1. The molecular formula is C31H51ClN4O. The van der Waals surface area contributed by atoms with E-state index in [9.17, 15) is 5.11 Å². The zero-order chi connectivity index (χ0) is 27.7. The molecule has 1 unspecified atom stereocenters. The normalized spacial score (nSPS) is 12.5. The van der Waals surface area contributed by atoms with E-state index >= 15 is 0 Å². The number of pyridine rings is 1. The Morgan fingerprint density at radius 1 is 1.03 bits per heavy atom. The minimum atomic E-state index is 0.205. The van der Waals surface area contributed by atoms with Crippen molar-refractivity contribution < 1.29 is 5.11 Å². The highest BCUT2D eigenvalue weighted by Crippen LogP contribution is 2.30. The van der Waals surface area contributed by atoms with Crippen LogP contribution in [0.4, 0.5) is 0 Å². The van der Waals surface area contributed by atoms with E-state index in [4.69, 9.17) is 11.6 Å². The fourth-order valence-electron chi connectivity index (χ4n) is 4.77. The van der Waals surface area contributed by atoms with Crippen molar-refractivity contribution in [2.75, 3.05) is 26.2 Å². The average molecular weight is 531 g/mol. The molecule has 0 fully saturated rings. The Hall–Kier alpha value is -2.08. The Morgan fingerprint density at radius 3 is 2.19 bits per heavy atom. The van der Waals surface area contributed by atoms with Crippen molar-refractivity contribution in [3.05, 3.63) is 65.0 Å². The maximum absolute atomic E-state index is 9.39. The molecule has 1 atom stereocenters. The van der Waals surface area contributed by atoms with Crippen molar-refractivity contribution >= 4 is 17.3 Å². The smallest absolute Gasteiger partial charge is 0.137 e. The van der Waals surface area contributed by atoms with Gasteiger partial charge < -0.3 is 15.7 Å². The van der Waals surface area contributed by atoms with E-state index in [1.807, 2.05) is 19.1 Å². The molecular weight excluding hydrogens is 480 g/mol. The fourth-order valence-corrected chi connectivity index (χ4v) is 4.89. The molecule has 0 radical (unpaired) electrons. The van der Waals surface area contributed by atoms with Gasteiger partial charge in [0, 0.05) is 41.1 Å². The molecule has 6 heteroatoms. The number of aromatic nitrogens is 1. The lowest BCUT2D eigenvalue weighted by Gasteiger charge is -2.44. The largest absolute Gasteiger partial charge is 0.506 e.